The lowest BCUT2D eigenvalue weighted by molar-refractivity contribution is -0.165. The number of aryl methyl sites for hydroxylation is 1. The molecule has 0 bridgehead atoms. The highest BCUT2D eigenvalue weighted by Gasteiger charge is 2.51. The van der Waals surface area contributed by atoms with E-state index in [0.29, 0.717) is 54.2 Å². The molecule has 0 aromatic heterocycles. The van der Waals surface area contributed by atoms with Gasteiger partial charge in [-0.25, -0.2) is 0 Å². The van der Waals surface area contributed by atoms with E-state index in [9.17, 15) is 22.8 Å². The molecule has 0 unspecified atom stereocenters. The Morgan fingerprint density at radius 1 is 0.920 bits per heavy atom. The van der Waals surface area contributed by atoms with E-state index in [1.165, 1.54) is 7.11 Å². The molecule has 0 radical (unpaired) electrons. The van der Waals surface area contributed by atoms with Gasteiger partial charge in [0.05, 0.1) is 13.7 Å². The summed E-state index contributed by atoms with van der Waals surface area (Å²) in [5.74, 6) is -0.144. The molecule has 7 nitrogen and oxygen atoms in total. The van der Waals surface area contributed by atoms with Gasteiger partial charge in [0.1, 0.15) is 30.1 Å². The van der Waals surface area contributed by atoms with Crippen LogP contribution in [-0.2, 0) is 40.0 Å². The first-order chi connectivity index (χ1) is 24.1. The van der Waals surface area contributed by atoms with E-state index >= 15 is 0 Å². The molecule has 12 heteroatoms. The van der Waals surface area contributed by atoms with Crippen LogP contribution in [0.3, 0.4) is 0 Å². The fraction of sp³-hybridized carbons (Fsp3) is 0.316. The number of unbranched alkanes of at least 4 members (excludes halogenated alkanes) is 1. The number of fused-ring (bicyclic) bond motifs is 3. The number of nitrogens with two attached hydrogens (primary N) is 1. The number of rotatable bonds is 14. The van der Waals surface area contributed by atoms with E-state index in [0.717, 1.165) is 27.2 Å². The fourth-order valence-corrected chi connectivity index (χ4v) is 6.43. The van der Waals surface area contributed by atoms with E-state index in [4.69, 9.17) is 15.2 Å². The summed E-state index contributed by atoms with van der Waals surface area (Å²) in [4.78, 5) is 27.5. The molecule has 3 N–H and O–H groups in total. The lowest BCUT2D eigenvalue weighted by Gasteiger charge is -2.37. The van der Waals surface area contributed by atoms with Gasteiger partial charge < -0.3 is 25.4 Å². The van der Waals surface area contributed by atoms with Crippen molar-refractivity contribution in [3.8, 4) is 22.6 Å². The Hall–Kier alpha value is -4.31. The molecule has 50 heavy (non-hydrogen) atoms. The highest BCUT2D eigenvalue weighted by Crippen LogP contribution is 2.52. The van der Waals surface area contributed by atoms with Crippen molar-refractivity contribution in [2.45, 2.75) is 50.9 Å². The van der Waals surface area contributed by atoms with Crippen molar-refractivity contribution in [3.63, 3.8) is 0 Å². The lowest BCUT2D eigenvalue weighted by atomic mass is 9.73. The van der Waals surface area contributed by atoms with Gasteiger partial charge in [-0.3, -0.25) is 9.59 Å². The van der Waals surface area contributed by atoms with E-state index in [2.05, 4.69) is 25.1 Å². The van der Waals surface area contributed by atoms with Crippen LogP contribution >= 0.6 is 8.02 Å². The van der Waals surface area contributed by atoms with Gasteiger partial charge in [0.2, 0.25) is 11.8 Å². The maximum absolute atomic E-state index is 14.9. The summed E-state index contributed by atoms with van der Waals surface area (Å²) in [5.41, 5.74) is 9.51. The SMILES string of the molecule is COc1cc(OCc2ccc(C)cc2)ccc1CN(CC(F)(F)F)C(=O)C1(CCCCNC(=O)CN)c2ccccc2-c2ccccc21.P=S. The van der Waals surface area contributed by atoms with Crippen LogP contribution in [0, 0.1) is 6.92 Å². The molecule has 1 aliphatic carbocycles. The minimum atomic E-state index is -4.66. The van der Waals surface area contributed by atoms with E-state index in [1.54, 1.807) is 30.3 Å². The van der Waals surface area contributed by atoms with Gasteiger partial charge in [-0.1, -0.05) is 90.2 Å². The first kappa shape index (κ1) is 38.5. The molecule has 0 saturated carbocycles. The number of nitrogens with zero attached hydrogens (tertiary/aromatic N) is 1. The van der Waals surface area contributed by atoms with Crippen molar-refractivity contribution >= 4 is 31.6 Å². The van der Waals surface area contributed by atoms with Crippen molar-refractivity contribution in [1.82, 2.24) is 10.2 Å². The van der Waals surface area contributed by atoms with Crippen molar-refractivity contribution in [2.24, 2.45) is 5.73 Å². The molecule has 4 aromatic carbocycles. The summed E-state index contributed by atoms with van der Waals surface area (Å²) in [5, 5.41) is 2.73. The molecule has 0 atom stereocenters. The van der Waals surface area contributed by atoms with Gasteiger partial charge in [-0.15, -0.1) is 0 Å². The van der Waals surface area contributed by atoms with Crippen molar-refractivity contribution < 1.29 is 32.2 Å². The van der Waals surface area contributed by atoms with Gasteiger partial charge in [-0.2, -0.15) is 13.2 Å². The third-order valence-electron chi connectivity index (χ3n) is 8.72. The smallest absolute Gasteiger partial charge is 0.406 e. The number of benzene rings is 4. The summed E-state index contributed by atoms with van der Waals surface area (Å²) in [7, 11) is 3.99. The van der Waals surface area contributed by atoms with Crippen LogP contribution in [0.15, 0.2) is 91.0 Å². The molecule has 4 aromatic rings. The zero-order valence-electron chi connectivity index (χ0n) is 28.0. The topological polar surface area (TPSA) is 93.9 Å². The van der Waals surface area contributed by atoms with Gasteiger partial charge >= 0.3 is 6.18 Å². The van der Waals surface area contributed by atoms with Crippen LogP contribution in [0.1, 0.15) is 47.1 Å². The van der Waals surface area contributed by atoms with Crippen LogP contribution in [0.4, 0.5) is 13.2 Å². The molecule has 0 spiro atoms. The minimum absolute atomic E-state index is 0.140. The van der Waals surface area contributed by atoms with E-state index < -0.39 is 24.0 Å². The Kier molecular flexibility index (Phi) is 13.5. The van der Waals surface area contributed by atoms with Gasteiger partial charge in [0, 0.05) is 24.7 Å². The van der Waals surface area contributed by atoms with Gasteiger partial charge in [-0.05, 0) is 74.2 Å². The summed E-state index contributed by atoms with van der Waals surface area (Å²) >= 11 is 3.89. The van der Waals surface area contributed by atoms with Crippen LogP contribution < -0.4 is 20.5 Å². The van der Waals surface area contributed by atoms with Crippen LogP contribution in [0.2, 0.25) is 0 Å². The second-order valence-electron chi connectivity index (χ2n) is 12.0. The number of amides is 2. The number of hydrogen-bond acceptors (Lipinski definition) is 6. The Labute approximate surface area is 298 Å². The monoisotopic (exact) mass is 723 g/mol. The van der Waals surface area contributed by atoms with Crippen molar-refractivity contribution in [2.75, 3.05) is 26.7 Å². The number of carbonyl (C=O) groups excluding carboxylic acids is 2. The van der Waals surface area contributed by atoms with Gasteiger partial charge in [0.15, 0.2) is 0 Å². The second kappa shape index (κ2) is 17.6. The normalized spacial score (nSPS) is 12.5. The summed E-state index contributed by atoms with van der Waals surface area (Å²) in [6.45, 7) is 0.722. The van der Waals surface area contributed by atoms with E-state index in [1.807, 2.05) is 67.6 Å². The van der Waals surface area contributed by atoms with E-state index in [-0.39, 0.29) is 25.4 Å². The molecular formula is C38H41F3N3O4PS. The standard InChI is InChI=1S/C38H40F3N3O4.HPS/c1-26-13-15-27(16-14-26)24-48-29-18-17-28(34(21-29)47-2)23-44(25-38(39,40)41)36(46)37(19-7-8-20-43-35(45)22-42)32-11-5-3-9-30(32)31-10-4-6-12-33(31)37;1-2/h3-6,9-18,21H,7-8,19-20,22-25,42H2,1-2H3,(H,43,45);1H. The molecule has 0 heterocycles. The second-order valence-corrected chi connectivity index (χ2v) is 12.0. The zero-order valence-corrected chi connectivity index (χ0v) is 29.8. The predicted molar refractivity (Wildman–Crippen MR) is 194 cm³/mol. The molecule has 1 aliphatic rings. The summed E-state index contributed by atoms with van der Waals surface area (Å²) < 4.78 is 54.4. The summed E-state index contributed by atoms with van der Waals surface area (Å²) in [6.07, 6.45) is -3.43. The average Bonchev–Trinajstić information content (AvgIpc) is 3.41. The molecule has 5 rings (SSSR count). The van der Waals surface area contributed by atoms with Crippen LogP contribution in [0.5, 0.6) is 11.5 Å². The number of ether oxygens (including phenoxy) is 2. The number of alkyl halides is 3. The Morgan fingerprint density at radius 2 is 1.54 bits per heavy atom. The molecule has 264 valence electrons. The van der Waals surface area contributed by atoms with Crippen molar-refractivity contribution in [3.05, 3.63) is 119 Å². The molecule has 0 saturated heterocycles. The van der Waals surface area contributed by atoms with Crippen molar-refractivity contribution in [1.29, 1.82) is 0 Å². The van der Waals surface area contributed by atoms with Crippen LogP contribution in [0.25, 0.3) is 11.1 Å². The Bertz CT molecular complexity index is 1730. The zero-order chi connectivity index (χ0) is 36.3. The number of carbonyl (C=O) groups is 2. The third-order valence-corrected chi connectivity index (χ3v) is 8.72. The largest absolute Gasteiger partial charge is 0.496 e. The maximum Gasteiger partial charge on any atom is 0.406 e. The number of methoxy groups -OCH3 is 1. The molecular weight excluding hydrogens is 682 g/mol. The highest BCUT2D eigenvalue weighted by atomic mass is 32.4. The Morgan fingerprint density at radius 3 is 2.12 bits per heavy atom. The predicted octanol–water partition coefficient (Wildman–Crippen LogP) is 7.28. The number of hydrogen-bond donors (Lipinski definition) is 2. The first-order valence-corrected chi connectivity index (χ1v) is 17.8. The quantitative estimate of drug-likeness (QED) is 0.105. The molecule has 0 fully saturated rings. The summed E-state index contributed by atoms with van der Waals surface area (Å²) in [6, 6.07) is 27.6. The lowest BCUT2D eigenvalue weighted by Crippen LogP contribution is -2.49. The average molecular weight is 724 g/mol. The first-order valence-electron chi connectivity index (χ1n) is 16.1. The minimum Gasteiger partial charge on any atom is -0.496 e. The third kappa shape index (κ3) is 9.07. The van der Waals surface area contributed by atoms with Gasteiger partial charge in [0.25, 0.3) is 0 Å². The Balaban J connectivity index is 0.00000276. The van der Waals surface area contributed by atoms with Crippen LogP contribution in [-0.4, -0.2) is 49.6 Å². The fourth-order valence-electron chi connectivity index (χ4n) is 6.43. The molecule has 2 amide bonds. The maximum atomic E-state index is 14.9. The number of halogens is 3. The molecule has 0 aliphatic heterocycles. The number of nitrogens with one attached hydrogen (secondary N) is 1. The highest BCUT2D eigenvalue weighted by molar-refractivity contribution is 7.88.